The van der Waals surface area contributed by atoms with Gasteiger partial charge in [-0.3, -0.25) is 0 Å². The van der Waals surface area contributed by atoms with Crippen LogP contribution in [0.3, 0.4) is 0 Å². The van der Waals surface area contributed by atoms with Gasteiger partial charge < -0.3 is 10.6 Å². The van der Waals surface area contributed by atoms with E-state index in [1.54, 1.807) is 0 Å². The highest BCUT2D eigenvalue weighted by Gasteiger charge is 2.23. The molecule has 122 valence electrons. The van der Waals surface area contributed by atoms with E-state index in [4.69, 9.17) is 0 Å². The highest BCUT2D eigenvalue weighted by molar-refractivity contribution is 7.88. The second-order valence-corrected chi connectivity index (χ2v) is 7.72. The molecule has 0 aliphatic heterocycles. The fraction of sp³-hybridized carbons (Fsp3) is 0.533. The quantitative estimate of drug-likeness (QED) is 0.773. The minimum atomic E-state index is -3.15. The lowest BCUT2D eigenvalue weighted by Crippen LogP contribution is -2.38. The van der Waals surface area contributed by atoms with E-state index in [1.807, 2.05) is 18.2 Å². The number of carbonyl (C=O) groups is 1. The normalized spacial score (nSPS) is 17.3. The maximum atomic E-state index is 11.9. The Kier molecular flexibility index (Phi) is 5.42. The third-order valence-corrected chi connectivity index (χ3v) is 5.25. The predicted molar refractivity (Wildman–Crippen MR) is 86.1 cm³/mol. The number of amides is 2. The number of carbonyl (C=O) groups excluding carboxylic acids is 1. The van der Waals surface area contributed by atoms with Crippen molar-refractivity contribution >= 4 is 16.1 Å². The molecule has 1 atom stereocenters. The summed E-state index contributed by atoms with van der Waals surface area (Å²) in [6.45, 7) is 0.839. The molecule has 0 saturated carbocycles. The molecule has 22 heavy (non-hydrogen) atoms. The van der Waals surface area contributed by atoms with Crippen LogP contribution in [0.15, 0.2) is 24.3 Å². The largest absolute Gasteiger partial charge is 0.338 e. The van der Waals surface area contributed by atoms with Crippen LogP contribution in [-0.4, -0.2) is 45.1 Å². The van der Waals surface area contributed by atoms with E-state index in [9.17, 15) is 13.2 Å². The molecule has 0 spiro atoms. The number of hydrogen-bond donors (Lipinski definition) is 2. The van der Waals surface area contributed by atoms with Crippen molar-refractivity contribution in [2.24, 2.45) is 0 Å². The highest BCUT2D eigenvalue weighted by Crippen LogP contribution is 2.30. The highest BCUT2D eigenvalue weighted by atomic mass is 32.2. The van der Waals surface area contributed by atoms with E-state index < -0.39 is 10.0 Å². The Hall–Kier alpha value is -1.60. The average Bonchev–Trinajstić information content (AvgIpc) is 2.86. The summed E-state index contributed by atoms with van der Waals surface area (Å²) in [4.78, 5) is 11.9. The summed E-state index contributed by atoms with van der Waals surface area (Å²) in [5.74, 6) is 0. The number of urea groups is 1. The Labute approximate surface area is 131 Å². The standard InChI is InChI=1S/C15H23N3O3S/c1-18(22(2,20)21)11-5-10-16-15(19)17-14-9-8-12-6-3-4-7-13(12)14/h3-4,6-7,14H,5,8-11H2,1-2H3,(H2,16,17,19). The fourth-order valence-corrected chi connectivity index (χ4v) is 3.05. The smallest absolute Gasteiger partial charge is 0.315 e. The Balaban J connectivity index is 1.71. The number of sulfonamides is 1. The molecule has 1 unspecified atom stereocenters. The van der Waals surface area contributed by atoms with Crippen molar-refractivity contribution in [2.45, 2.75) is 25.3 Å². The van der Waals surface area contributed by atoms with Gasteiger partial charge in [-0.05, 0) is 30.4 Å². The molecule has 2 amide bonds. The molecule has 0 bridgehead atoms. The predicted octanol–water partition coefficient (Wildman–Crippen LogP) is 1.25. The molecular formula is C15H23N3O3S. The van der Waals surface area contributed by atoms with E-state index in [0.29, 0.717) is 19.5 Å². The van der Waals surface area contributed by atoms with Gasteiger partial charge in [-0.1, -0.05) is 24.3 Å². The van der Waals surface area contributed by atoms with Crippen molar-refractivity contribution in [2.75, 3.05) is 26.4 Å². The average molecular weight is 325 g/mol. The first-order valence-corrected chi connectivity index (χ1v) is 9.26. The molecule has 0 radical (unpaired) electrons. The number of nitrogens with one attached hydrogen (secondary N) is 2. The lowest BCUT2D eigenvalue weighted by molar-refractivity contribution is 0.236. The molecule has 6 nitrogen and oxygen atoms in total. The van der Waals surface area contributed by atoms with Crippen LogP contribution < -0.4 is 10.6 Å². The van der Waals surface area contributed by atoms with Crippen molar-refractivity contribution in [3.63, 3.8) is 0 Å². The van der Waals surface area contributed by atoms with Crippen LogP contribution in [0.2, 0.25) is 0 Å². The molecule has 1 aromatic rings. The Bertz CT molecular complexity index is 631. The third-order valence-electron chi connectivity index (χ3n) is 3.94. The zero-order chi connectivity index (χ0) is 16.2. The number of hydrogen-bond acceptors (Lipinski definition) is 3. The zero-order valence-corrected chi connectivity index (χ0v) is 13.8. The summed E-state index contributed by atoms with van der Waals surface area (Å²) in [6.07, 6.45) is 3.66. The molecule has 1 aromatic carbocycles. The minimum absolute atomic E-state index is 0.0647. The number of benzene rings is 1. The summed E-state index contributed by atoms with van der Waals surface area (Å²) in [5.41, 5.74) is 2.48. The van der Waals surface area contributed by atoms with E-state index >= 15 is 0 Å². The Morgan fingerprint density at radius 1 is 1.36 bits per heavy atom. The zero-order valence-electron chi connectivity index (χ0n) is 13.0. The maximum absolute atomic E-state index is 11.9. The SMILES string of the molecule is CN(CCCNC(=O)NC1CCc2ccccc21)S(C)(=O)=O. The van der Waals surface area contributed by atoms with Crippen molar-refractivity contribution in [3.05, 3.63) is 35.4 Å². The first-order chi connectivity index (χ1) is 10.4. The monoisotopic (exact) mass is 325 g/mol. The van der Waals surface area contributed by atoms with Crippen LogP contribution in [0, 0.1) is 0 Å². The second kappa shape index (κ2) is 7.11. The van der Waals surface area contributed by atoms with Crippen LogP contribution in [0.1, 0.15) is 30.0 Å². The Morgan fingerprint density at radius 3 is 2.82 bits per heavy atom. The molecule has 0 aromatic heterocycles. The van der Waals surface area contributed by atoms with Crippen LogP contribution in [-0.2, 0) is 16.4 Å². The fourth-order valence-electron chi connectivity index (χ4n) is 2.59. The first kappa shape index (κ1) is 16.8. The van der Waals surface area contributed by atoms with E-state index in [0.717, 1.165) is 12.8 Å². The van der Waals surface area contributed by atoms with Gasteiger partial charge in [-0.25, -0.2) is 17.5 Å². The topological polar surface area (TPSA) is 78.5 Å². The van der Waals surface area contributed by atoms with Crippen molar-refractivity contribution in [1.29, 1.82) is 0 Å². The molecular weight excluding hydrogens is 302 g/mol. The van der Waals surface area contributed by atoms with Crippen LogP contribution >= 0.6 is 0 Å². The van der Waals surface area contributed by atoms with Gasteiger partial charge in [-0.15, -0.1) is 0 Å². The van der Waals surface area contributed by atoms with Crippen molar-refractivity contribution in [1.82, 2.24) is 14.9 Å². The van der Waals surface area contributed by atoms with Gasteiger partial charge in [0.15, 0.2) is 0 Å². The molecule has 0 fully saturated rings. The van der Waals surface area contributed by atoms with Gasteiger partial charge in [0.2, 0.25) is 10.0 Å². The van der Waals surface area contributed by atoms with Crippen molar-refractivity contribution < 1.29 is 13.2 Å². The van der Waals surface area contributed by atoms with Crippen molar-refractivity contribution in [3.8, 4) is 0 Å². The lowest BCUT2D eigenvalue weighted by atomic mass is 10.1. The van der Waals surface area contributed by atoms with Crippen LogP contribution in [0.25, 0.3) is 0 Å². The summed E-state index contributed by atoms with van der Waals surface area (Å²) in [5, 5.41) is 5.75. The molecule has 0 heterocycles. The molecule has 1 aliphatic carbocycles. The first-order valence-electron chi connectivity index (χ1n) is 7.41. The summed E-state index contributed by atoms with van der Waals surface area (Å²) >= 11 is 0. The number of nitrogens with zero attached hydrogens (tertiary/aromatic N) is 1. The second-order valence-electron chi connectivity index (χ2n) is 5.63. The van der Waals surface area contributed by atoms with Gasteiger partial charge in [0, 0.05) is 20.1 Å². The summed E-state index contributed by atoms with van der Waals surface area (Å²) in [7, 11) is -1.62. The summed E-state index contributed by atoms with van der Waals surface area (Å²) in [6, 6.07) is 8.00. The third kappa shape index (κ3) is 4.45. The van der Waals surface area contributed by atoms with Gasteiger partial charge >= 0.3 is 6.03 Å². The molecule has 1 aliphatic rings. The van der Waals surface area contributed by atoms with Gasteiger partial charge in [0.1, 0.15) is 0 Å². The minimum Gasteiger partial charge on any atom is -0.338 e. The Morgan fingerprint density at radius 2 is 2.09 bits per heavy atom. The van der Waals surface area contributed by atoms with Gasteiger partial charge in [0.05, 0.1) is 12.3 Å². The summed E-state index contributed by atoms with van der Waals surface area (Å²) < 4.78 is 23.7. The molecule has 2 N–H and O–H groups in total. The number of fused-ring (bicyclic) bond motifs is 1. The maximum Gasteiger partial charge on any atom is 0.315 e. The molecule has 0 saturated heterocycles. The lowest BCUT2D eigenvalue weighted by Gasteiger charge is -2.16. The van der Waals surface area contributed by atoms with E-state index in [-0.39, 0.29) is 12.1 Å². The molecule has 2 rings (SSSR count). The van der Waals surface area contributed by atoms with E-state index in [1.165, 1.54) is 28.7 Å². The van der Waals surface area contributed by atoms with Gasteiger partial charge in [-0.2, -0.15) is 0 Å². The number of rotatable bonds is 6. The van der Waals surface area contributed by atoms with Crippen LogP contribution in [0.5, 0.6) is 0 Å². The molecule has 7 heteroatoms. The van der Waals surface area contributed by atoms with Crippen LogP contribution in [0.4, 0.5) is 4.79 Å². The number of aryl methyl sites for hydroxylation is 1. The van der Waals surface area contributed by atoms with Gasteiger partial charge in [0.25, 0.3) is 0 Å². The van der Waals surface area contributed by atoms with E-state index in [2.05, 4.69) is 16.7 Å².